The molecule has 0 unspecified atom stereocenters. The molecule has 0 saturated heterocycles. The number of Topliss-reactive ketones (excluding diaryl/α,β-unsaturated/α-hetero) is 1. The van der Waals surface area contributed by atoms with Crippen molar-refractivity contribution in [2.75, 3.05) is 0 Å². The van der Waals surface area contributed by atoms with Gasteiger partial charge in [0.05, 0.1) is 0 Å². The highest BCUT2D eigenvalue weighted by molar-refractivity contribution is 5.79. The molecule has 118 valence electrons. The van der Waals surface area contributed by atoms with E-state index < -0.39 is 0 Å². The van der Waals surface area contributed by atoms with E-state index in [4.69, 9.17) is 0 Å². The maximum atomic E-state index is 12.1. The van der Waals surface area contributed by atoms with Gasteiger partial charge in [0.1, 0.15) is 5.78 Å². The van der Waals surface area contributed by atoms with Crippen molar-refractivity contribution in [1.29, 1.82) is 0 Å². The van der Waals surface area contributed by atoms with E-state index in [0.717, 1.165) is 30.1 Å². The Morgan fingerprint density at radius 1 is 1.29 bits per heavy atom. The van der Waals surface area contributed by atoms with E-state index in [2.05, 4.69) is 33.8 Å². The molecule has 21 heavy (non-hydrogen) atoms. The highest BCUT2D eigenvalue weighted by Crippen LogP contribution is 2.62. The Hall–Kier alpha value is -0.590. The summed E-state index contributed by atoms with van der Waals surface area (Å²) >= 11 is 0. The Kier molecular flexibility index (Phi) is 3.83. The second kappa shape index (κ2) is 5.25. The van der Waals surface area contributed by atoms with Crippen LogP contribution in [0, 0.1) is 40.9 Å². The van der Waals surface area contributed by atoms with E-state index in [9.17, 15) is 4.79 Å². The lowest BCUT2D eigenvalue weighted by Crippen LogP contribution is -2.35. The Morgan fingerprint density at radius 3 is 2.62 bits per heavy atom. The molecule has 0 bridgehead atoms. The van der Waals surface area contributed by atoms with Crippen molar-refractivity contribution in [2.24, 2.45) is 40.9 Å². The zero-order valence-electron chi connectivity index (χ0n) is 14.5. The molecule has 0 heterocycles. The van der Waals surface area contributed by atoms with Crippen LogP contribution in [-0.4, -0.2) is 5.78 Å². The molecule has 0 aromatic rings. The van der Waals surface area contributed by atoms with Crippen LogP contribution in [-0.2, 0) is 4.79 Å². The van der Waals surface area contributed by atoms with Crippen LogP contribution in [0.2, 0.25) is 0 Å². The fraction of sp³-hybridized carbons (Fsp3) is 0.850. The summed E-state index contributed by atoms with van der Waals surface area (Å²) in [5, 5.41) is 0. The van der Waals surface area contributed by atoms with Gasteiger partial charge in [-0.2, -0.15) is 0 Å². The number of fused-ring (bicyclic) bond motifs is 3. The Balaban J connectivity index is 1.98. The number of rotatable bonds is 2. The first-order valence-corrected chi connectivity index (χ1v) is 9.02. The molecule has 0 radical (unpaired) electrons. The first-order valence-electron chi connectivity index (χ1n) is 9.02. The van der Waals surface area contributed by atoms with Crippen molar-refractivity contribution < 1.29 is 4.79 Å². The van der Waals surface area contributed by atoms with Crippen molar-refractivity contribution in [3.8, 4) is 0 Å². The summed E-state index contributed by atoms with van der Waals surface area (Å²) in [6.45, 7) is 11.5. The minimum absolute atomic E-state index is 0.340. The van der Waals surface area contributed by atoms with E-state index >= 15 is 0 Å². The molecule has 0 amide bonds. The second-order valence-corrected chi connectivity index (χ2v) is 8.76. The zero-order chi connectivity index (χ0) is 15.4. The summed E-state index contributed by atoms with van der Waals surface area (Å²) in [5.74, 6) is 4.55. The normalized spacial score (nSPS) is 46.0. The summed E-state index contributed by atoms with van der Waals surface area (Å²) in [7, 11) is 0. The molecule has 1 nitrogen and oxygen atoms in total. The number of hydrogen-bond acceptors (Lipinski definition) is 1. The standard InChI is InChI=1S/C20H32O/c1-12(2)15-8-9-20(5)18-7-6-16(14(4)21)17(18)10-13(3)11-19(15)20/h11-12,15-19H,6-10H2,1-5H3/t15-,16+,17+,18-,19-,20+/m1/s1. The van der Waals surface area contributed by atoms with Crippen LogP contribution in [0.25, 0.3) is 0 Å². The van der Waals surface area contributed by atoms with Gasteiger partial charge in [-0.05, 0) is 81.0 Å². The lowest BCUT2D eigenvalue weighted by Gasteiger charge is -2.40. The number of ketones is 1. The van der Waals surface area contributed by atoms with Gasteiger partial charge in [-0.1, -0.05) is 32.4 Å². The molecular weight excluding hydrogens is 256 g/mol. The third-order valence-corrected chi connectivity index (χ3v) is 7.31. The van der Waals surface area contributed by atoms with Crippen LogP contribution >= 0.6 is 0 Å². The van der Waals surface area contributed by atoms with Crippen molar-refractivity contribution in [1.82, 2.24) is 0 Å². The van der Waals surface area contributed by atoms with Gasteiger partial charge in [-0.3, -0.25) is 4.79 Å². The lowest BCUT2D eigenvalue weighted by molar-refractivity contribution is -0.122. The van der Waals surface area contributed by atoms with Gasteiger partial charge in [-0.15, -0.1) is 0 Å². The summed E-state index contributed by atoms with van der Waals surface area (Å²) in [6, 6.07) is 0. The van der Waals surface area contributed by atoms with Gasteiger partial charge in [0.15, 0.2) is 0 Å². The predicted molar refractivity (Wildman–Crippen MR) is 87.9 cm³/mol. The summed E-state index contributed by atoms with van der Waals surface area (Å²) < 4.78 is 0. The first kappa shape index (κ1) is 15.3. The third-order valence-electron chi connectivity index (χ3n) is 7.31. The highest BCUT2D eigenvalue weighted by atomic mass is 16.1. The van der Waals surface area contributed by atoms with Gasteiger partial charge >= 0.3 is 0 Å². The molecule has 3 aliphatic rings. The number of hydrogen-bond donors (Lipinski definition) is 0. The Morgan fingerprint density at radius 2 is 2.00 bits per heavy atom. The van der Waals surface area contributed by atoms with Crippen molar-refractivity contribution in [3.05, 3.63) is 11.6 Å². The molecule has 0 N–H and O–H groups in total. The molecule has 2 fully saturated rings. The molecule has 6 atom stereocenters. The number of allylic oxidation sites excluding steroid dienone is 2. The van der Waals surface area contributed by atoms with Crippen molar-refractivity contribution in [2.45, 2.75) is 66.7 Å². The topological polar surface area (TPSA) is 17.1 Å². The fourth-order valence-electron chi connectivity index (χ4n) is 6.23. The summed E-state index contributed by atoms with van der Waals surface area (Å²) in [6.07, 6.45) is 8.98. The van der Waals surface area contributed by atoms with Crippen LogP contribution < -0.4 is 0 Å². The van der Waals surface area contributed by atoms with Gasteiger partial charge in [0.25, 0.3) is 0 Å². The lowest BCUT2D eigenvalue weighted by atomic mass is 9.64. The maximum absolute atomic E-state index is 12.1. The van der Waals surface area contributed by atoms with Crippen molar-refractivity contribution in [3.63, 3.8) is 0 Å². The minimum atomic E-state index is 0.340. The molecule has 2 saturated carbocycles. The quantitative estimate of drug-likeness (QED) is 0.634. The van der Waals surface area contributed by atoms with E-state index in [1.807, 2.05) is 6.92 Å². The van der Waals surface area contributed by atoms with Gasteiger partial charge in [-0.25, -0.2) is 0 Å². The van der Waals surface area contributed by atoms with Crippen LogP contribution in [0.3, 0.4) is 0 Å². The first-order chi connectivity index (χ1) is 9.84. The van der Waals surface area contributed by atoms with E-state index in [0.29, 0.717) is 23.0 Å². The van der Waals surface area contributed by atoms with Crippen molar-refractivity contribution >= 4 is 5.78 Å². The van der Waals surface area contributed by atoms with Crippen LogP contribution in [0.4, 0.5) is 0 Å². The van der Waals surface area contributed by atoms with Gasteiger partial charge < -0.3 is 0 Å². The number of carbonyl (C=O) groups is 1. The largest absolute Gasteiger partial charge is 0.300 e. The summed E-state index contributed by atoms with van der Waals surface area (Å²) in [4.78, 5) is 12.1. The third kappa shape index (κ3) is 2.32. The highest BCUT2D eigenvalue weighted by Gasteiger charge is 2.55. The predicted octanol–water partition coefficient (Wildman–Crippen LogP) is 5.26. The molecule has 0 aromatic carbocycles. The molecule has 3 aliphatic carbocycles. The molecule has 0 aliphatic heterocycles. The molecule has 1 heteroatoms. The molecule has 0 spiro atoms. The average Bonchev–Trinajstić information content (AvgIpc) is 2.91. The average molecular weight is 288 g/mol. The second-order valence-electron chi connectivity index (χ2n) is 8.76. The fourth-order valence-corrected chi connectivity index (χ4v) is 6.23. The Bertz CT molecular complexity index is 460. The van der Waals surface area contributed by atoms with Crippen LogP contribution in [0.1, 0.15) is 66.7 Å². The van der Waals surface area contributed by atoms with Gasteiger partial charge in [0.2, 0.25) is 0 Å². The van der Waals surface area contributed by atoms with E-state index in [-0.39, 0.29) is 0 Å². The maximum Gasteiger partial charge on any atom is 0.133 e. The molecule has 0 aromatic heterocycles. The van der Waals surface area contributed by atoms with Crippen LogP contribution in [0.5, 0.6) is 0 Å². The monoisotopic (exact) mass is 288 g/mol. The smallest absolute Gasteiger partial charge is 0.133 e. The van der Waals surface area contributed by atoms with Gasteiger partial charge in [0, 0.05) is 5.92 Å². The number of carbonyl (C=O) groups excluding carboxylic acids is 1. The van der Waals surface area contributed by atoms with Crippen LogP contribution in [0.15, 0.2) is 11.6 Å². The van der Waals surface area contributed by atoms with E-state index in [1.54, 1.807) is 5.57 Å². The SMILES string of the molecule is CC(=O)[C@@H]1CC[C@@H]2[C@H]1CC(C)=C[C@@H]1[C@@H](C(C)C)CC[C@]12C. The minimum Gasteiger partial charge on any atom is -0.300 e. The Labute approximate surface area is 130 Å². The molecule has 3 rings (SSSR count). The summed E-state index contributed by atoms with van der Waals surface area (Å²) in [5.41, 5.74) is 2.00. The zero-order valence-corrected chi connectivity index (χ0v) is 14.5. The van der Waals surface area contributed by atoms with E-state index in [1.165, 1.54) is 25.7 Å². The molecular formula is C20H32O.